The van der Waals surface area contributed by atoms with Gasteiger partial charge in [0.25, 0.3) is 0 Å². The number of rotatable bonds is 10. The molecule has 3 amide bonds. The lowest BCUT2D eigenvalue weighted by molar-refractivity contribution is -0.140. The summed E-state index contributed by atoms with van der Waals surface area (Å²) in [6, 6.07) is 8.20. The topological polar surface area (TPSA) is 135 Å². The van der Waals surface area contributed by atoms with E-state index in [0.29, 0.717) is 25.2 Å². The van der Waals surface area contributed by atoms with E-state index in [1.807, 2.05) is 39.0 Å². The minimum absolute atomic E-state index is 0.0228. The van der Waals surface area contributed by atoms with Gasteiger partial charge in [0.15, 0.2) is 0 Å². The molecule has 0 radical (unpaired) electrons. The van der Waals surface area contributed by atoms with Gasteiger partial charge in [-0.2, -0.15) is 0 Å². The van der Waals surface area contributed by atoms with Gasteiger partial charge in [-0.3, -0.25) is 24.8 Å². The lowest BCUT2D eigenvalue weighted by atomic mass is 9.85. The van der Waals surface area contributed by atoms with Gasteiger partial charge in [-0.25, -0.2) is 5.84 Å². The van der Waals surface area contributed by atoms with Crippen molar-refractivity contribution in [2.24, 2.45) is 11.3 Å². The zero-order valence-electron chi connectivity index (χ0n) is 20.0. The van der Waals surface area contributed by atoms with Crippen LogP contribution in [0.3, 0.4) is 0 Å². The number of nitrogens with zero attached hydrogens (tertiary/aromatic N) is 3. The SMILES string of the molecule is CNCC(=O)NC(C(=O)N1CCCC1CN(C=O)CC(=N)N(N)c1ccccc1)C(C)(C)C. The Bertz CT molecular complexity index is 825. The van der Waals surface area contributed by atoms with E-state index in [4.69, 9.17) is 11.3 Å². The van der Waals surface area contributed by atoms with Crippen LogP contribution in [0.25, 0.3) is 0 Å². The number of hydrogen-bond donors (Lipinski definition) is 4. The highest BCUT2D eigenvalue weighted by Crippen LogP contribution is 2.26. The van der Waals surface area contributed by atoms with Crippen molar-refractivity contribution in [3.63, 3.8) is 0 Å². The van der Waals surface area contributed by atoms with Crippen molar-refractivity contribution in [1.29, 1.82) is 5.41 Å². The third-order valence-electron chi connectivity index (χ3n) is 5.69. The van der Waals surface area contributed by atoms with Gasteiger partial charge in [0.05, 0.1) is 18.8 Å². The van der Waals surface area contributed by atoms with Crippen LogP contribution in [0.4, 0.5) is 5.69 Å². The Kier molecular flexibility index (Phi) is 9.36. The molecular weight excluding hydrogens is 422 g/mol. The van der Waals surface area contributed by atoms with E-state index in [0.717, 1.165) is 12.8 Å². The third kappa shape index (κ3) is 7.26. The van der Waals surface area contributed by atoms with Gasteiger partial charge in [0, 0.05) is 19.1 Å². The Morgan fingerprint density at radius 3 is 2.55 bits per heavy atom. The Labute approximate surface area is 195 Å². The molecule has 1 aromatic rings. The van der Waals surface area contributed by atoms with E-state index < -0.39 is 11.5 Å². The van der Waals surface area contributed by atoms with Crippen molar-refractivity contribution < 1.29 is 14.4 Å². The van der Waals surface area contributed by atoms with Crippen LogP contribution >= 0.6 is 0 Å². The van der Waals surface area contributed by atoms with Crippen LogP contribution in [0.2, 0.25) is 0 Å². The maximum atomic E-state index is 13.4. The monoisotopic (exact) mass is 459 g/mol. The number of anilines is 1. The van der Waals surface area contributed by atoms with Crippen molar-refractivity contribution >= 4 is 29.7 Å². The van der Waals surface area contributed by atoms with Crippen LogP contribution in [0.15, 0.2) is 30.3 Å². The molecule has 182 valence electrons. The summed E-state index contributed by atoms with van der Waals surface area (Å²) in [6.45, 7) is 6.75. The molecule has 1 aliphatic rings. The van der Waals surface area contributed by atoms with Gasteiger partial charge in [0.1, 0.15) is 11.9 Å². The van der Waals surface area contributed by atoms with E-state index >= 15 is 0 Å². The van der Waals surface area contributed by atoms with Crippen molar-refractivity contribution in [3.05, 3.63) is 30.3 Å². The van der Waals surface area contributed by atoms with E-state index in [2.05, 4.69) is 10.6 Å². The normalized spacial score (nSPS) is 16.8. The molecule has 1 aromatic carbocycles. The number of amides is 3. The number of para-hydroxylation sites is 1. The number of carbonyl (C=O) groups is 3. The molecule has 1 aliphatic heterocycles. The second-order valence-electron chi connectivity index (χ2n) is 9.41. The van der Waals surface area contributed by atoms with Crippen molar-refractivity contribution in [2.75, 3.05) is 38.2 Å². The van der Waals surface area contributed by atoms with Crippen LogP contribution < -0.4 is 21.5 Å². The number of carbonyl (C=O) groups excluding carboxylic acids is 3. The van der Waals surface area contributed by atoms with Gasteiger partial charge in [0.2, 0.25) is 18.2 Å². The quantitative estimate of drug-likeness (QED) is 0.133. The summed E-state index contributed by atoms with van der Waals surface area (Å²) in [5.41, 5.74) is 0.173. The molecule has 10 heteroatoms. The average Bonchev–Trinajstić information content (AvgIpc) is 3.24. The smallest absolute Gasteiger partial charge is 0.246 e. The van der Waals surface area contributed by atoms with Crippen LogP contribution in [0.5, 0.6) is 0 Å². The summed E-state index contributed by atoms with van der Waals surface area (Å²) in [5.74, 6) is 5.71. The standard InChI is InChI=1S/C23H37N7O3/c1-23(2,3)21(27-20(32)13-26-4)22(33)29-12-8-11-18(29)14-28(16-31)15-19(24)30(25)17-9-6-5-7-10-17/h5-7,9-10,16,18,21,24,26H,8,11-15,25H2,1-4H3,(H,27,32). The molecule has 5 N–H and O–H groups in total. The van der Waals surface area contributed by atoms with E-state index in [9.17, 15) is 14.4 Å². The number of benzene rings is 1. The molecular formula is C23H37N7O3. The molecule has 2 rings (SSSR count). The van der Waals surface area contributed by atoms with Gasteiger partial charge in [-0.15, -0.1) is 0 Å². The summed E-state index contributed by atoms with van der Waals surface area (Å²) in [4.78, 5) is 40.6. The molecule has 0 spiro atoms. The predicted octanol–water partition coefficient (Wildman–Crippen LogP) is 0.544. The number of hydrazine groups is 1. The first-order valence-corrected chi connectivity index (χ1v) is 11.2. The number of nitrogens with one attached hydrogen (secondary N) is 3. The number of nitrogens with two attached hydrogens (primary N) is 1. The average molecular weight is 460 g/mol. The predicted molar refractivity (Wildman–Crippen MR) is 129 cm³/mol. The van der Waals surface area contributed by atoms with Crippen molar-refractivity contribution in [3.8, 4) is 0 Å². The second kappa shape index (κ2) is 11.8. The Morgan fingerprint density at radius 1 is 1.30 bits per heavy atom. The fraction of sp³-hybridized carbons (Fsp3) is 0.565. The van der Waals surface area contributed by atoms with Gasteiger partial charge in [-0.05, 0) is 37.4 Å². The zero-order valence-corrected chi connectivity index (χ0v) is 20.0. The Hall–Kier alpha value is -2.98. The summed E-state index contributed by atoms with van der Waals surface area (Å²) < 4.78 is 0. The lowest BCUT2D eigenvalue weighted by Crippen LogP contribution is -2.58. The molecule has 10 nitrogen and oxygen atoms in total. The minimum atomic E-state index is -0.681. The zero-order chi connectivity index (χ0) is 24.6. The van der Waals surface area contributed by atoms with E-state index in [1.54, 1.807) is 24.1 Å². The molecule has 0 aromatic heterocycles. The van der Waals surface area contributed by atoms with Crippen molar-refractivity contribution in [2.45, 2.75) is 45.7 Å². The molecule has 0 aliphatic carbocycles. The van der Waals surface area contributed by atoms with Crippen LogP contribution in [-0.2, 0) is 14.4 Å². The summed E-state index contributed by atoms with van der Waals surface area (Å²) in [7, 11) is 1.68. The van der Waals surface area contributed by atoms with Gasteiger partial charge < -0.3 is 20.4 Å². The molecule has 1 heterocycles. The highest BCUT2D eigenvalue weighted by atomic mass is 16.2. The second-order valence-corrected chi connectivity index (χ2v) is 9.41. The summed E-state index contributed by atoms with van der Waals surface area (Å²) in [5, 5.41) is 15.2. The van der Waals surface area contributed by atoms with Crippen LogP contribution in [-0.4, -0.2) is 79.2 Å². The van der Waals surface area contributed by atoms with Gasteiger partial charge in [-0.1, -0.05) is 39.0 Å². The number of likely N-dealkylation sites (tertiary alicyclic amines) is 1. The first-order chi connectivity index (χ1) is 15.6. The maximum Gasteiger partial charge on any atom is 0.246 e. The molecule has 0 saturated carbocycles. The molecule has 2 unspecified atom stereocenters. The fourth-order valence-electron chi connectivity index (χ4n) is 3.93. The molecule has 2 atom stereocenters. The molecule has 33 heavy (non-hydrogen) atoms. The summed E-state index contributed by atoms with van der Waals surface area (Å²) in [6.07, 6.45) is 2.24. The minimum Gasteiger partial charge on any atom is -0.343 e. The Balaban J connectivity index is 2.07. The van der Waals surface area contributed by atoms with Crippen LogP contribution in [0, 0.1) is 10.8 Å². The Morgan fingerprint density at radius 2 is 1.97 bits per heavy atom. The number of hydrogen-bond acceptors (Lipinski definition) is 6. The summed E-state index contributed by atoms with van der Waals surface area (Å²) >= 11 is 0. The number of likely N-dealkylation sites (N-methyl/N-ethyl adjacent to an activating group) is 1. The highest BCUT2D eigenvalue weighted by Gasteiger charge is 2.40. The highest BCUT2D eigenvalue weighted by molar-refractivity contribution is 5.96. The molecule has 0 bridgehead atoms. The first-order valence-electron chi connectivity index (χ1n) is 11.2. The van der Waals surface area contributed by atoms with E-state index in [-0.39, 0.29) is 36.8 Å². The molecule has 1 saturated heterocycles. The van der Waals surface area contributed by atoms with Gasteiger partial charge >= 0.3 is 0 Å². The van der Waals surface area contributed by atoms with Crippen molar-refractivity contribution in [1.82, 2.24) is 20.4 Å². The maximum absolute atomic E-state index is 13.4. The lowest BCUT2D eigenvalue weighted by Gasteiger charge is -2.37. The fourth-order valence-corrected chi connectivity index (χ4v) is 3.93. The third-order valence-corrected chi connectivity index (χ3v) is 5.69. The largest absolute Gasteiger partial charge is 0.343 e. The van der Waals surface area contributed by atoms with E-state index in [1.165, 1.54) is 9.91 Å². The van der Waals surface area contributed by atoms with Crippen LogP contribution in [0.1, 0.15) is 33.6 Å². The number of amidine groups is 1. The molecule has 1 fully saturated rings. The first kappa shape index (κ1) is 26.3.